The molecule has 0 saturated heterocycles. The molecule has 0 radical (unpaired) electrons. The van der Waals surface area contributed by atoms with Crippen molar-refractivity contribution in [1.29, 1.82) is 0 Å². The second-order valence-corrected chi connectivity index (χ2v) is 5.76. The molecule has 0 bridgehead atoms. The van der Waals surface area contributed by atoms with Crippen LogP contribution in [0, 0.1) is 6.92 Å². The molecular formula is C19H24ClN3O4. The van der Waals surface area contributed by atoms with Gasteiger partial charge in [0, 0.05) is 23.9 Å². The third-order valence-corrected chi connectivity index (χ3v) is 3.78. The Morgan fingerprint density at radius 1 is 1.04 bits per heavy atom. The molecule has 0 aliphatic rings. The van der Waals surface area contributed by atoms with Gasteiger partial charge in [-0.25, -0.2) is 0 Å². The van der Waals surface area contributed by atoms with Gasteiger partial charge in [-0.1, -0.05) is 29.8 Å². The predicted molar refractivity (Wildman–Crippen MR) is 107 cm³/mol. The van der Waals surface area contributed by atoms with Crippen LogP contribution in [0.1, 0.15) is 17.2 Å². The van der Waals surface area contributed by atoms with Crippen molar-refractivity contribution in [2.45, 2.75) is 13.0 Å². The molecule has 2 rings (SSSR count). The Morgan fingerprint density at radius 2 is 1.59 bits per heavy atom. The molecular weight excluding hydrogens is 370 g/mol. The van der Waals surface area contributed by atoms with E-state index in [1.807, 2.05) is 19.1 Å². The number of nitrogens with two attached hydrogens (primary N) is 1. The number of hydrogen-bond acceptors (Lipinski definition) is 5. The van der Waals surface area contributed by atoms with Gasteiger partial charge in [0.1, 0.15) is 17.5 Å². The maximum Gasteiger partial charge on any atom is 0.243 e. The van der Waals surface area contributed by atoms with Crippen molar-refractivity contribution in [2.24, 2.45) is 5.73 Å². The highest BCUT2D eigenvalue weighted by Gasteiger charge is 2.16. The smallest absolute Gasteiger partial charge is 0.243 e. The van der Waals surface area contributed by atoms with E-state index in [2.05, 4.69) is 10.6 Å². The normalized spacial score (nSPS) is 11.0. The van der Waals surface area contributed by atoms with Gasteiger partial charge >= 0.3 is 0 Å². The number of ether oxygens (including phenoxy) is 2. The van der Waals surface area contributed by atoms with Crippen molar-refractivity contribution in [3.05, 3.63) is 53.6 Å². The number of nitrogens with one attached hydrogen (secondary N) is 2. The summed E-state index contributed by atoms with van der Waals surface area (Å²) < 4.78 is 10.3. The molecule has 0 aliphatic heterocycles. The van der Waals surface area contributed by atoms with Crippen LogP contribution in [0.4, 0.5) is 5.69 Å². The summed E-state index contributed by atoms with van der Waals surface area (Å²) in [5.41, 5.74) is 8.19. The molecule has 2 aromatic carbocycles. The number of anilines is 1. The van der Waals surface area contributed by atoms with Gasteiger partial charge in [-0.3, -0.25) is 9.59 Å². The number of carbonyl (C=O) groups is 2. The van der Waals surface area contributed by atoms with Crippen LogP contribution < -0.4 is 25.8 Å². The molecule has 7 nitrogen and oxygen atoms in total. The van der Waals surface area contributed by atoms with E-state index in [0.29, 0.717) is 22.7 Å². The number of methoxy groups -OCH3 is 2. The minimum absolute atomic E-state index is 0. The van der Waals surface area contributed by atoms with Crippen LogP contribution in [0.25, 0.3) is 0 Å². The molecule has 1 atom stereocenters. The standard InChI is InChI=1S/C19H23N3O4.ClH/c1-12-4-6-13(7-5-12)18(20)19(24)21-11-17(23)22-14-8-15(25-2)10-16(9-14)26-3;/h4-10,18H,11,20H2,1-3H3,(H,21,24)(H,22,23);1H. The molecule has 1 unspecified atom stereocenters. The maximum atomic E-state index is 12.1. The number of rotatable bonds is 7. The Hall–Kier alpha value is -2.77. The van der Waals surface area contributed by atoms with Gasteiger partial charge in [0.2, 0.25) is 11.8 Å². The molecule has 4 N–H and O–H groups in total. The van der Waals surface area contributed by atoms with E-state index in [9.17, 15) is 9.59 Å². The Kier molecular flexibility index (Phi) is 8.58. The van der Waals surface area contributed by atoms with Gasteiger partial charge in [-0.2, -0.15) is 0 Å². The van der Waals surface area contributed by atoms with E-state index < -0.39 is 11.9 Å². The summed E-state index contributed by atoms with van der Waals surface area (Å²) in [6.45, 7) is 1.76. The molecule has 2 amide bonds. The number of hydrogen-bond donors (Lipinski definition) is 3. The number of aryl methyl sites for hydroxylation is 1. The van der Waals surface area contributed by atoms with Crippen LogP contribution in [-0.2, 0) is 9.59 Å². The monoisotopic (exact) mass is 393 g/mol. The van der Waals surface area contributed by atoms with Gasteiger partial charge in [0.05, 0.1) is 20.8 Å². The van der Waals surface area contributed by atoms with E-state index in [4.69, 9.17) is 15.2 Å². The van der Waals surface area contributed by atoms with Crippen LogP contribution in [0.15, 0.2) is 42.5 Å². The largest absolute Gasteiger partial charge is 0.497 e. The Balaban J connectivity index is 0.00000364. The second kappa shape index (κ2) is 10.4. The zero-order valence-electron chi connectivity index (χ0n) is 15.4. The number of benzene rings is 2. The minimum Gasteiger partial charge on any atom is -0.497 e. The molecule has 0 spiro atoms. The van der Waals surface area contributed by atoms with E-state index in [1.54, 1.807) is 30.3 Å². The summed E-state index contributed by atoms with van der Waals surface area (Å²) >= 11 is 0. The first-order valence-corrected chi connectivity index (χ1v) is 8.05. The molecule has 0 aromatic heterocycles. The lowest BCUT2D eigenvalue weighted by molar-refractivity contribution is -0.125. The van der Waals surface area contributed by atoms with Gasteiger partial charge in [-0.15, -0.1) is 12.4 Å². The summed E-state index contributed by atoms with van der Waals surface area (Å²) in [6.07, 6.45) is 0. The molecule has 0 heterocycles. The summed E-state index contributed by atoms with van der Waals surface area (Å²) in [5.74, 6) is 0.284. The third-order valence-electron chi connectivity index (χ3n) is 3.78. The number of halogens is 1. The topological polar surface area (TPSA) is 103 Å². The van der Waals surface area contributed by atoms with E-state index in [-0.39, 0.29) is 24.9 Å². The van der Waals surface area contributed by atoms with Gasteiger partial charge in [-0.05, 0) is 12.5 Å². The lowest BCUT2D eigenvalue weighted by atomic mass is 10.1. The first kappa shape index (κ1) is 22.3. The fourth-order valence-corrected chi connectivity index (χ4v) is 2.29. The van der Waals surface area contributed by atoms with Crippen molar-refractivity contribution in [1.82, 2.24) is 5.32 Å². The molecule has 2 aromatic rings. The quantitative estimate of drug-likeness (QED) is 0.669. The Labute approximate surface area is 164 Å². The number of amides is 2. The van der Waals surface area contributed by atoms with Gasteiger partial charge < -0.3 is 25.8 Å². The molecule has 8 heteroatoms. The zero-order chi connectivity index (χ0) is 19.1. The lowest BCUT2D eigenvalue weighted by Crippen LogP contribution is -2.38. The summed E-state index contributed by atoms with van der Waals surface area (Å²) in [5, 5.41) is 5.21. The highest BCUT2D eigenvalue weighted by atomic mass is 35.5. The zero-order valence-corrected chi connectivity index (χ0v) is 16.3. The van der Waals surface area contributed by atoms with E-state index in [1.165, 1.54) is 14.2 Å². The van der Waals surface area contributed by atoms with Gasteiger partial charge in [0.15, 0.2) is 0 Å². The summed E-state index contributed by atoms with van der Waals surface area (Å²) in [7, 11) is 3.04. The van der Waals surface area contributed by atoms with E-state index in [0.717, 1.165) is 5.56 Å². The van der Waals surface area contributed by atoms with Crippen LogP contribution in [0.2, 0.25) is 0 Å². The fourth-order valence-electron chi connectivity index (χ4n) is 2.29. The summed E-state index contributed by atoms with van der Waals surface area (Å²) in [6, 6.07) is 11.5. The van der Waals surface area contributed by atoms with Crippen LogP contribution >= 0.6 is 12.4 Å². The first-order valence-electron chi connectivity index (χ1n) is 8.05. The molecule has 0 aliphatic carbocycles. The average Bonchev–Trinajstić information content (AvgIpc) is 2.65. The molecule has 27 heavy (non-hydrogen) atoms. The Bertz CT molecular complexity index is 759. The number of carbonyl (C=O) groups excluding carboxylic acids is 2. The fraction of sp³-hybridized carbons (Fsp3) is 0.263. The average molecular weight is 394 g/mol. The molecule has 0 fully saturated rings. The lowest BCUT2D eigenvalue weighted by Gasteiger charge is -2.13. The van der Waals surface area contributed by atoms with Crippen molar-refractivity contribution >= 4 is 29.9 Å². The summed E-state index contributed by atoms with van der Waals surface area (Å²) in [4.78, 5) is 24.2. The van der Waals surface area contributed by atoms with E-state index >= 15 is 0 Å². The van der Waals surface area contributed by atoms with Crippen molar-refractivity contribution in [2.75, 3.05) is 26.1 Å². The highest BCUT2D eigenvalue weighted by Crippen LogP contribution is 2.25. The predicted octanol–water partition coefficient (Wildman–Crippen LogP) is 2.19. The maximum absolute atomic E-state index is 12.1. The Morgan fingerprint density at radius 3 is 2.11 bits per heavy atom. The van der Waals surface area contributed by atoms with Gasteiger partial charge in [0.25, 0.3) is 0 Å². The molecule has 146 valence electrons. The minimum atomic E-state index is -0.833. The first-order chi connectivity index (χ1) is 12.4. The van der Waals surface area contributed by atoms with Crippen molar-refractivity contribution in [3.63, 3.8) is 0 Å². The molecule has 0 saturated carbocycles. The van der Waals surface area contributed by atoms with Crippen LogP contribution in [-0.4, -0.2) is 32.6 Å². The van der Waals surface area contributed by atoms with Crippen LogP contribution in [0.5, 0.6) is 11.5 Å². The SMILES string of the molecule is COc1cc(NC(=O)CNC(=O)C(N)c2ccc(C)cc2)cc(OC)c1.Cl. The van der Waals surface area contributed by atoms with Crippen LogP contribution in [0.3, 0.4) is 0 Å². The highest BCUT2D eigenvalue weighted by molar-refractivity contribution is 5.95. The van der Waals surface area contributed by atoms with Crippen molar-refractivity contribution in [3.8, 4) is 11.5 Å². The second-order valence-electron chi connectivity index (χ2n) is 5.76. The third kappa shape index (κ3) is 6.47. The van der Waals surface area contributed by atoms with Crippen molar-refractivity contribution < 1.29 is 19.1 Å².